The Morgan fingerprint density at radius 1 is 1.61 bits per heavy atom. The maximum absolute atomic E-state index is 13.0. The standard InChI is InChI=1S/C13H16FNO3/c1-15-13(12(16)17)6-5-11(8-13)18-10-4-2-3-9(14)7-10/h2-4,7,11,15H,5-6,8H2,1H3,(H,16,17). The number of benzene rings is 1. The number of aliphatic carboxylic acids is 1. The Hall–Kier alpha value is -1.62. The monoisotopic (exact) mass is 253 g/mol. The minimum atomic E-state index is -0.919. The van der Waals surface area contributed by atoms with Crippen LogP contribution in [0.5, 0.6) is 5.75 Å². The van der Waals surface area contributed by atoms with Crippen LogP contribution in [-0.2, 0) is 4.79 Å². The van der Waals surface area contributed by atoms with Gasteiger partial charge in [0.05, 0.1) is 0 Å². The minimum Gasteiger partial charge on any atom is -0.490 e. The fourth-order valence-corrected chi connectivity index (χ4v) is 2.36. The topological polar surface area (TPSA) is 58.6 Å². The van der Waals surface area contributed by atoms with Crippen molar-refractivity contribution in [1.82, 2.24) is 5.32 Å². The van der Waals surface area contributed by atoms with Crippen LogP contribution in [0.2, 0.25) is 0 Å². The van der Waals surface area contributed by atoms with E-state index in [-0.39, 0.29) is 11.9 Å². The lowest BCUT2D eigenvalue weighted by Gasteiger charge is -2.23. The normalized spacial score (nSPS) is 27.1. The van der Waals surface area contributed by atoms with Gasteiger partial charge < -0.3 is 15.2 Å². The Kier molecular flexibility index (Phi) is 3.52. The average Bonchev–Trinajstić information content (AvgIpc) is 2.74. The van der Waals surface area contributed by atoms with Crippen molar-refractivity contribution >= 4 is 5.97 Å². The molecule has 0 saturated heterocycles. The molecular formula is C13H16FNO3. The predicted molar refractivity (Wildman–Crippen MR) is 64.1 cm³/mol. The van der Waals surface area contributed by atoms with Crippen molar-refractivity contribution in [2.24, 2.45) is 0 Å². The maximum atomic E-state index is 13.0. The van der Waals surface area contributed by atoms with Gasteiger partial charge in [-0.1, -0.05) is 6.07 Å². The highest BCUT2D eigenvalue weighted by atomic mass is 19.1. The molecule has 4 nitrogen and oxygen atoms in total. The van der Waals surface area contributed by atoms with Gasteiger partial charge >= 0.3 is 5.97 Å². The molecule has 0 aromatic heterocycles. The van der Waals surface area contributed by atoms with Crippen molar-refractivity contribution in [3.63, 3.8) is 0 Å². The molecule has 5 heteroatoms. The van der Waals surface area contributed by atoms with Crippen molar-refractivity contribution < 1.29 is 19.0 Å². The van der Waals surface area contributed by atoms with Gasteiger partial charge in [0, 0.05) is 12.5 Å². The van der Waals surface area contributed by atoms with Crippen LogP contribution in [0.3, 0.4) is 0 Å². The summed E-state index contributed by atoms with van der Waals surface area (Å²) in [7, 11) is 1.64. The van der Waals surface area contributed by atoms with Crippen molar-refractivity contribution in [1.29, 1.82) is 0 Å². The number of carboxylic acid groups (broad SMARTS) is 1. The second-order valence-electron chi connectivity index (χ2n) is 4.58. The Labute approximate surface area is 105 Å². The van der Waals surface area contributed by atoms with E-state index >= 15 is 0 Å². The zero-order chi connectivity index (χ0) is 13.2. The van der Waals surface area contributed by atoms with Crippen LogP contribution in [0.4, 0.5) is 4.39 Å². The molecule has 1 saturated carbocycles. The Balaban J connectivity index is 2.03. The average molecular weight is 253 g/mol. The third-order valence-electron chi connectivity index (χ3n) is 3.46. The summed E-state index contributed by atoms with van der Waals surface area (Å²) in [5, 5.41) is 12.1. The zero-order valence-corrected chi connectivity index (χ0v) is 10.1. The van der Waals surface area contributed by atoms with Crippen molar-refractivity contribution in [2.45, 2.75) is 30.9 Å². The second-order valence-corrected chi connectivity index (χ2v) is 4.58. The third-order valence-corrected chi connectivity index (χ3v) is 3.46. The molecular weight excluding hydrogens is 237 g/mol. The van der Waals surface area contributed by atoms with Crippen molar-refractivity contribution in [3.05, 3.63) is 30.1 Å². The number of carboxylic acids is 1. The highest BCUT2D eigenvalue weighted by molar-refractivity contribution is 5.79. The van der Waals surface area contributed by atoms with Crippen LogP contribution < -0.4 is 10.1 Å². The van der Waals surface area contributed by atoms with Crippen LogP contribution in [0.15, 0.2) is 24.3 Å². The van der Waals surface area contributed by atoms with Crippen LogP contribution in [-0.4, -0.2) is 29.8 Å². The number of hydrogen-bond acceptors (Lipinski definition) is 3. The summed E-state index contributed by atoms with van der Waals surface area (Å²) in [5.74, 6) is -0.781. The van der Waals surface area contributed by atoms with Crippen LogP contribution in [0.1, 0.15) is 19.3 Å². The van der Waals surface area contributed by atoms with Gasteiger partial charge in [-0.3, -0.25) is 4.79 Å². The van der Waals surface area contributed by atoms with Crippen LogP contribution in [0.25, 0.3) is 0 Å². The van der Waals surface area contributed by atoms with E-state index in [4.69, 9.17) is 4.74 Å². The zero-order valence-electron chi connectivity index (χ0n) is 10.1. The van der Waals surface area contributed by atoms with E-state index in [0.29, 0.717) is 25.0 Å². The lowest BCUT2D eigenvalue weighted by atomic mass is 9.98. The molecule has 0 aliphatic heterocycles. The summed E-state index contributed by atoms with van der Waals surface area (Å²) in [6, 6.07) is 5.89. The highest BCUT2D eigenvalue weighted by Gasteiger charge is 2.45. The molecule has 1 aliphatic carbocycles. The number of carbonyl (C=O) groups is 1. The molecule has 1 aromatic carbocycles. The summed E-state index contributed by atoms with van der Waals surface area (Å²) in [5.41, 5.74) is -0.919. The first-order valence-corrected chi connectivity index (χ1v) is 5.90. The number of hydrogen-bond donors (Lipinski definition) is 2. The summed E-state index contributed by atoms with van der Waals surface area (Å²) < 4.78 is 18.6. The number of nitrogens with one attached hydrogen (secondary N) is 1. The number of ether oxygens (including phenoxy) is 1. The number of rotatable bonds is 4. The Morgan fingerprint density at radius 2 is 2.39 bits per heavy atom. The van der Waals surface area contributed by atoms with Gasteiger partial charge in [-0.25, -0.2) is 4.39 Å². The van der Waals surface area contributed by atoms with Gasteiger partial charge in [-0.05, 0) is 32.0 Å². The molecule has 0 heterocycles. The molecule has 2 atom stereocenters. The number of likely N-dealkylation sites (N-methyl/N-ethyl adjacent to an activating group) is 1. The van der Waals surface area contributed by atoms with E-state index in [1.165, 1.54) is 12.1 Å². The van der Waals surface area contributed by atoms with E-state index < -0.39 is 11.5 Å². The Morgan fingerprint density at radius 3 is 2.94 bits per heavy atom. The first kappa shape index (κ1) is 12.8. The van der Waals surface area contributed by atoms with Crippen LogP contribution in [0, 0.1) is 5.82 Å². The summed E-state index contributed by atoms with van der Waals surface area (Å²) in [6.07, 6.45) is 1.34. The first-order valence-electron chi connectivity index (χ1n) is 5.90. The largest absolute Gasteiger partial charge is 0.490 e. The van der Waals surface area contributed by atoms with Gasteiger partial charge in [0.25, 0.3) is 0 Å². The quantitative estimate of drug-likeness (QED) is 0.859. The lowest BCUT2D eigenvalue weighted by Crippen LogP contribution is -2.48. The summed E-state index contributed by atoms with van der Waals surface area (Å²) in [6.45, 7) is 0. The third kappa shape index (κ3) is 2.46. The van der Waals surface area contributed by atoms with Gasteiger partial charge in [-0.2, -0.15) is 0 Å². The highest BCUT2D eigenvalue weighted by Crippen LogP contribution is 2.32. The summed E-state index contributed by atoms with van der Waals surface area (Å²) in [4.78, 5) is 11.2. The summed E-state index contributed by atoms with van der Waals surface area (Å²) >= 11 is 0. The van der Waals surface area contributed by atoms with Crippen LogP contribution >= 0.6 is 0 Å². The Bertz CT molecular complexity index is 452. The van der Waals surface area contributed by atoms with Gasteiger partial charge in [0.1, 0.15) is 23.2 Å². The lowest BCUT2D eigenvalue weighted by molar-refractivity contribution is -0.144. The molecule has 2 unspecified atom stereocenters. The maximum Gasteiger partial charge on any atom is 0.324 e. The first-order chi connectivity index (χ1) is 8.55. The van der Waals surface area contributed by atoms with Gasteiger partial charge in [0.2, 0.25) is 0 Å². The van der Waals surface area contributed by atoms with Crippen molar-refractivity contribution in [2.75, 3.05) is 7.05 Å². The van der Waals surface area contributed by atoms with Gasteiger partial charge in [-0.15, -0.1) is 0 Å². The molecule has 2 rings (SSSR count). The smallest absolute Gasteiger partial charge is 0.324 e. The van der Waals surface area contributed by atoms with E-state index in [0.717, 1.165) is 0 Å². The van der Waals surface area contributed by atoms with E-state index in [2.05, 4.69) is 5.32 Å². The molecule has 0 amide bonds. The molecule has 0 radical (unpaired) electrons. The molecule has 1 aromatic rings. The van der Waals surface area contributed by atoms with E-state index in [1.807, 2.05) is 0 Å². The predicted octanol–water partition coefficient (Wildman–Crippen LogP) is 1.80. The molecule has 2 N–H and O–H groups in total. The fraction of sp³-hybridized carbons (Fsp3) is 0.462. The fourth-order valence-electron chi connectivity index (χ4n) is 2.36. The molecule has 18 heavy (non-hydrogen) atoms. The molecule has 0 bridgehead atoms. The van der Waals surface area contributed by atoms with Crippen molar-refractivity contribution in [3.8, 4) is 5.75 Å². The van der Waals surface area contributed by atoms with E-state index in [9.17, 15) is 14.3 Å². The van der Waals surface area contributed by atoms with E-state index in [1.54, 1.807) is 19.2 Å². The SMILES string of the molecule is CNC1(C(=O)O)CCC(Oc2cccc(F)c2)C1. The van der Waals surface area contributed by atoms with Gasteiger partial charge in [0.15, 0.2) is 0 Å². The molecule has 1 aliphatic rings. The number of halogens is 1. The molecule has 98 valence electrons. The second kappa shape index (κ2) is 4.94. The molecule has 0 spiro atoms. The minimum absolute atomic E-state index is 0.199. The molecule has 1 fully saturated rings.